The second kappa shape index (κ2) is 6.47. The Morgan fingerprint density at radius 3 is 2.52 bits per heavy atom. The van der Waals surface area contributed by atoms with E-state index in [1.54, 1.807) is 6.92 Å². The molecule has 0 spiro atoms. The van der Waals surface area contributed by atoms with Crippen molar-refractivity contribution in [3.8, 4) is 0 Å². The van der Waals surface area contributed by atoms with Crippen molar-refractivity contribution in [2.45, 2.75) is 13.5 Å². The van der Waals surface area contributed by atoms with Crippen LogP contribution in [-0.4, -0.2) is 64.4 Å². The molecule has 0 radical (unpaired) electrons. The van der Waals surface area contributed by atoms with Crippen LogP contribution >= 0.6 is 11.3 Å². The fourth-order valence-corrected chi connectivity index (χ4v) is 3.41. The zero-order chi connectivity index (χ0) is 17.3. The number of carbonyl (C=O) groups is 2. The van der Waals surface area contributed by atoms with Gasteiger partial charge in [-0.1, -0.05) is 0 Å². The molecule has 23 heavy (non-hydrogen) atoms. The Morgan fingerprint density at radius 2 is 1.96 bits per heavy atom. The first-order valence-electron chi connectivity index (χ1n) is 6.85. The van der Waals surface area contributed by atoms with Gasteiger partial charge in [-0.05, 0) is 26.6 Å². The number of aryl methyl sites for hydroxylation is 1. The van der Waals surface area contributed by atoms with Gasteiger partial charge in [0.2, 0.25) is 0 Å². The Balaban J connectivity index is 2.49. The van der Waals surface area contributed by atoms with Gasteiger partial charge in [0, 0.05) is 7.05 Å². The summed E-state index contributed by atoms with van der Waals surface area (Å²) in [5.74, 6) is -1.00. The summed E-state index contributed by atoms with van der Waals surface area (Å²) in [6, 6.07) is 0. The van der Waals surface area contributed by atoms with E-state index in [1.807, 2.05) is 19.0 Å². The maximum absolute atomic E-state index is 12.4. The number of nitrogens with zero attached hydrogens (tertiary/aromatic N) is 3. The molecule has 2 aromatic rings. The third-order valence-electron chi connectivity index (χ3n) is 3.23. The number of likely N-dealkylation sites (N-methyl/N-ethyl adjacent to an activating group) is 1. The molecule has 2 aromatic heterocycles. The van der Waals surface area contributed by atoms with E-state index in [1.165, 1.54) is 7.05 Å². The van der Waals surface area contributed by atoms with Crippen LogP contribution in [0.25, 0.3) is 10.2 Å². The smallest absolute Gasteiger partial charge is 0.323 e. The lowest BCUT2D eigenvalue weighted by Crippen LogP contribution is -2.31. The zero-order valence-electron chi connectivity index (χ0n) is 13.3. The standard InChI is InChI=1S/C14H18N4O4S/c1-7-10-12(21)15-8(5-17(2)3)16-13(10)23-11(7)14(22)18(4)6-9(19)20/h5-6H2,1-4H3,(H,19,20)(H,15,16,21). The van der Waals surface area contributed by atoms with E-state index in [0.717, 1.165) is 16.2 Å². The summed E-state index contributed by atoms with van der Waals surface area (Å²) in [6.07, 6.45) is 0. The van der Waals surface area contributed by atoms with Gasteiger partial charge in [0.05, 0.1) is 16.8 Å². The Morgan fingerprint density at radius 1 is 1.30 bits per heavy atom. The molecule has 0 atom stereocenters. The number of H-pyrrole nitrogens is 1. The van der Waals surface area contributed by atoms with Gasteiger partial charge in [0.25, 0.3) is 11.5 Å². The van der Waals surface area contributed by atoms with Gasteiger partial charge < -0.3 is 19.9 Å². The molecule has 0 fully saturated rings. The first-order valence-corrected chi connectivity index (χ1v) is 7.66. The van der Waals surface area contributed by atoms with Gasteiger partial charge in [0.15, 0.2) is 0 Å². The largest absolute Gasteiger partial charge is 0.480 e. The third kappa shape index (κ3) is 3.57. The summed E-state index contributed by atoms with van der Waals surface area (Å²) < 4.78 is 0. The van der Waals surface area contributed by atoms with Crippen LogP contribution in [0.4, 0.5) is 0 Å². The molecule has 2 rings (SSSR count). The molecular formula is C14H18N4O4S. The molecule has 2 heterocycles. The number of hydrogen-bond acceptors (Lipinski definition) is 6. The van der Waals surface area contributed by atoms with E-state index >= 15 is 0 Å². The van der Waals surface area contributed by atoms with Gasteiger partial charge in [-0.15, -0.1) is 11.3 Å². The summed E-state index contributed by atoms with van der Waals surface area (Å²) in [7, 11) is 5.13. The summed E-state index contributed by atoms with van der Waals surface area (Å²) in [4.78, 5) is 46.3. The second-order valence-electron chi connectivity index (χ2n) is 5.54. The molecule has 1 amide bonds. The Labute approximate surface area is 136 Å². The molecular weight excluding hydrogens is 320 g/mol. The highest BCUT2D eigenvalue weighted by Crippen LogP contribution is 2.28. The highest BCUT2D eigenvalue weighted by atomic mass is 32.1. The predicted octanol–water partition coefficient (Wildman–Crippen LogP) is 0.511. The summed E-state index contributed by atoms with van der Waals surface area (Å²) in [5.41, 5.74) is 0.234. The van der Waals surface area contributed by atoms with Crippen LogP contribution in [0.5, 0.6) is 0 Å². The van der Waals surface area contributed by atoms with Crippen molar-refractivity contribution in [3.05, 3.63) is 26.6 Å². The molecule has 0 saturated carbocycles. The van der Waals surface area contributed by atoms with Crippen LogP contribution in [0.15, 0.2) is 4.79 Å². The maximum atomic E-state index is 12.4. The number of carboxylic acids is 1. The quantitative estimate of drug-likeness (QED) is 0.823. The predicted molar refractivity (Wildman–Crippen MR) is 87.0 cm³/mol. The molecule has 0 saturated heterocycles. The second-order valence-corrected chi connectivity index (χ2v) is 6.54. The van der Waals surface area contributed by atoms with Gasteiger partial charge in [-0.3, -0.25) is 14.4 Å². The van der Waals surface area contributed by atoms with E-state index in [0.29, 0.717) is 33.0 Å². The minimum absolute atomic E-state index is 0.291. The molecule has 0 bridgehead atoms. The van der Waals surface area contributed by atoms with Crippen molar-refractivity contribution in [1.29, 1.82) is 0 Å². The van der Waals surface area contributed by atoms with Crippen LogP contribution in [0.2, 0.25) is 0 Å². The minimum Gasteiger partial charge on any atom is -0.480 e. The lowest BCUT2D eigenvalue weighted by molar-refractivity contribution is -0.137. The van der Waals surface area contributed by atoms with Gasteiger partial charge in [-0.25, -0.2) is 4.98 Å². The third-order valence-corrected chi connectivity index (χ3v) is 4.40. The Kier molecular flexibility index (Phi) is 4.81. The van der Waals surface area contributed by atoms with E-state index in [4.69, 9.17) is 5.11 Å². The van der Waals surface area contributed by atoms with Crippen LogP contribution in [0.3, 0.4) is 0 Å². The highest BCUT2D eigenvalue weighted by Gasteiger charge is 2.22. The van der Waals surface area contributed by atoms with Gasteiger partial charge in [-0.2, -0.15) is 0 Å². The van der Waals surface area contributed by atoms with E-state index < -0.39 is 18.4 Å². The number of carboxylic acid groups (broad SMARTS) is 1. The van der Waals surface area contributed by atoms with Crippen molar-refractivity contribution in [2.75, 3.05) is 27.7 Å². The maximum Gasteiger partial charge on any atom is 0.323 e. The number of fused-ring (bicyclic) bond motifs is 1. The number of rotatable bonds is 5. The molecule has 8 nitrogen and oxygen atoms in total. The Hall–Kier alpha value is -2.26. The molecule has 2 N–H and O–H groups in total. The number of aromatic amines is 1. The SMILES string of the molecule is Cc1c(C(=O)N(C)CC(=O)O)sc2nc(CN(C)C)[nH]c(=O)c12. The highest BCUT2D eigenvalue weighted by molar-refractivity contribution is 7.20. The molecule has 0 aliphatic rings. The molecule has 0 aliphatic carbocycles. The van der Waals surface area contributed by atoms with E-state index in [9.17, 15) is 14.4 Å². The minimum atomic E-state index is -1.09. The number of nitrogens with one attached hydrogen (secondary N) is 1. The molecule has 9 heteroatoms. The van der Waals surface area contributed by atoms with Crippen LogP contribution < -0.4 is 5.56 Å². The van der Waals surface area contributed by atoms with Crippen LogP contribution in [0.1, 0.15) is 21.1 Å². The van der Waals surface area contributed by atoms with Crippen molar-refractivity contribution >= 4 is 33.4 Å². The number of aromatic nitrogens is 2. The zero-order valence-corrected chi connectivity index (χ0v) is 14.2. The van der Waals surface area contributed by atoms with Gasteiger partial charge >= 0.3 is 5.97 Å². The lowest BCUT2D eigenvalue weighted by atomic mass is 10.2. The molecule has 0 aliphatic heterocycles. The normalized spacial score (nSPS) is 11.2. The topological polar surface area (TPSA) is 107 Å². The average molecular weight is 338 g/mol. The summed E-state index contributed by atoms with van der Waals surface area (Å²) >= 11 is 1.11. The first-order chi connectivity index (χ1) is 10.7. The summed E-state index contributed by atoms with van der Waals surface area (Å²) in [5, 5.41) is 9.17. The number of thiophene rings is 1. The average Bonchev–Trinajstić information content (AvgIpc) is 2.73. The molecule has 124 valence electrons. The number of aliphatic carboxylic acids is 1. The van der Waals surface area contributed by atoms with Crippen LogP contribution in [0, 0.1) is 6.92 Å². The number of amides is 1. The Bertz CT molecular complexity index is 824. The first kappa shape index (κ1) is 17.1. The van der Waals surface area contributed by atoms with Crippen molar-refractivity contribution in [1.82, 2.24) is 19.8 Å². The van der Waals surface area contributed by atoms with Gasteiger partial charge in [0.1, 0.15) is 17.2 Å². The molecule has 0 aromatic carbocycles. The fraction of sp³-hybridized carbons (Fsp3) is 0.429. The lowest BCUT2D eigenvalue weighted by Gasteiger charge is -2.13. The van der Waals surface area contributed by atoms with Crippen molar-refractivity contribution < 1.29 is 14.7 Å². The summed E-state index contributed by atoms with van der Waals surface area (Å²) in [6.45, 7) is 1.75. The van der Waals surface area contributed by atoms with Crippen molar-refractivity contribution in [3.63, 3.8) is 0 Å². The fourth-order valence-electron chi connectivity index (χ4n) is 2.21. The molecule has 0 unspecified atom stereocenters. The number of hydrogen-bond donors (Lipinski definition) is 2. The van der Waals surface area contributed by atoms with Crippen LogP contribution in [-0.2, 0) is 11.3 Å². The van der Waals surface area contributed by atoms with E-state index in [-0.39, 0.29) is 5.56 Å². The van der Waals surface area contributed by atoms with Crippen molar-refractivity contribution in [2.24, 2.45) is 0 Å². The number of carbonyl (C=O) groups excluding carboxylic acids is 1. The van der Waals surface area contributed by atoms with E-state index in [2.05, 4.69) is 9.97 Å². The monoisotopic (exact) mass is 338 g/mol.